The first kappa shape index (κ1) is 15.2. The highest BCUT2D eigenvalue weighted by molar-refractivity contribution is 5.17. The number of aryl methyl sites for hydroxylation is 1. The van der Waals surface area contributed by atoms with Crippen LogP contribution in [0.1, 0.15) is 29.7 Å². The summed E-state index contributed by atoms with van der Waals surface area (Å²) < 4.78 is 5.58. The molecular formula is C17H24N4O. The smallest absolute Gasteiger partial charge is 0.208 e. The Hall–Kier alpha value is -1.72. The maximum absolute atomic E-state index is 5.58. The van der Waals surface area contributed by atoms with Crippen LogP contribution in [-0.4, -0.2) is 47.0 Å². The molecule has 3 rings (SSSR count). The lowest BCUT2D eigenvalue weighted by molar-refractivity contribution is 0.202. The van der Waals surface area contributed by atoms with Gasteiger partial charge in [0.1, 0.15) is 5.76 Å². The number of hydrogen-bond donors (Lipinski definition) is 0. The van der Waals surface area contributed by atoms with Gasteiger partial charge in [-0.05, 0) is 51.5 Å². The lowest BCUT2D eigenvalue weighted by Crippen LogP contribution is -2.30. The number of aromatic nitrogens is 2. The van der Waals surface area contributed by atoms with E-state index in [-0.39, 0.29) is 0 Å². The second kappa shape index (κ2) is 6.58. The number of hydrogen-bond acceptors (Lipinski definition) is 5. The number of pyridine rings is 1. The third kappa shape index (κ3) is 3.36. The monoisotopic (exact) mass is 300 g/mol. The van der Waals surface area contributed by atoms with E-state index < -0.39 is 0 Å². The van der Waals surface area contributed by atoms with Gasteiger partial charge in [0.25, 0.3) is 0 Å². The van der Waals surface area contributed by atoms with Gasteiger partial charge in [0.05, 0.1) is 12.7 Å². The fourth-order valence-corrected chi connectivity index (χ4v) is 3.47. The molecule has 1 aliphatic rings. The summed E-state index contributed by atoms with van der Waals surface area (Å²) in [5.41, 5.74) is 1.31. The zero-order valence-electron chi connectivity index (χ0n) is 13.6. The van der Waals surface area contributed by atoms with E-state index in [2.05, 4.69) is 39.9 Å². The zero-order chi connectivity index (χ0) is 15.5. The lowest BCUT2D eigenvalue weighted by Gasteiger charge is -2.28. The van der Waals surface area contributed by atoms with E-state index in [4.69, 9.17) is 4.42 Å². The molecule has 3 heterocycles. The molecule has 2 atom stereocenters. The molecule has 0 saturated carbocycles. The first-order chi connectivity index (χ1) is 10.6. The molecule has 2 aromatic heterocycles. The Morgan fingerprint density at radius 2 is 2.27 bits per heavy atom. The second-order valence-electron chi connectivity index (χ2n) is 6.32. The van der Waals surface area contributed by atoms with Gasteiger partial charge in [0.2, 0.25) is 5.89 Å². The third-order valence-corrected chi connectivity index (χ3v) is 4.42. The molecule has 0 aromatic carbocycles. The molecule has 0 amide bonds. The SMILES string of the molecule is Cc1cnc(CN(C)C[C@@H]2CCN(C)[C@H]2c2cccnc2)o1. The molecule has 5 heteroatoms. The van der Waals surface area contributed by atoms with Crippen molar-refractivity contribution in [3.8, 4) is 0 Å². The van der Waals surface area contributed by atoms with Crippen molar-refractivity contribution in [2.45, 2.75) is 25.9 Å². The van der Waals surface area contributed by atoms with Gasteiger partial charge >= 0.3 is 0 Å². The molecule has 0 aliphatic carbocycles. The molecule has 1 aliphatic heterocycles. The average Bonchev–Trinajstić information content (AvgIpc) is 3.06. The van der Waals surface area contributed by atoms with E-state index in [1.807, 2.05) is 25.4 Å². The predicted molar refractivity (Wildman–Crippen MR) is 85.3 cm³/mol. The van der Waals surface area contributed by atoms with E-state index in [9.17, 15) is 0 Å². The van der Waals surface area contributed by atoms with Crippen LogP contribution in [0.15, 0.2) is 35.1 Å². The van der Waals surface area contributed by atoms with E-state index in [1.165, 1.54) is 12.0 Å². The van der Waals surface area contributed by atoms with Crippen molar-refractivity contribution in [2.75, 3.05) is 27.2 Å². The molecular weight excluding hydrogens is 276 g/mol. The van der Waals surface area contributed by atoms with Crippen molar-refractivity contribution < 1.29 is 4.42 Å². The van der Waals surface area contributed by atoms with Crippen LogP contribution in [0.5, 0.6) is 0 Å². The zero-order valence-corrected chi connectivity index (χ0v) is 13.6. The Morgan fingerprint density at radius 1 is 1.41 bits per heavy atom. The van der Waals surface area contributed by atoms with Crippen molar-refractivity contribution in [2.24, 2.45) is 5.92 Å². The summed E-state index contributed by atoms with van der Waals surface area (Å²) in [6.07, 6.45) is 6.83. The summed E-state index contributed by atoms with van der Waals surface area (Å²) in [7, 11) is 4.34. The summed E-state index contributed by atoms with van der Waals surface area (Å²) in [6, 6.07) is 4.66. The van der Waals surface area contributed by atoms with Gasteiger partial charge < -0.3 is 4.42 Å². The van der Waals surface area contributed by atoms with Gasteiger partial charge in [-0.25, -0.2) is 4.98 Å². The molecule has 0 spiro atoms. The van der Waals surface area contributed by atoms with Gasteiger partial charge in [-0.3, -0.25) is 14.8 Å². The van der Waals surface area contributed by atoms with Crippen molar-refractivity contribution in [3.05, 3.63) is 47.9 Å². The molecule has 0 bridgehead atoms. The van der Waals surface area contributed by atoms with Crippen LogP contribution < -0.4 is 0 Å². The molecule has 1 fully saturated rings. The van der Waals surface area contributed by atoms with Crippen molar-refractivity contribution in [3.63, 3.8) is 0 Å². The third-order valence-electron chi connectivity index (χ3n) is 4.42. The van der Waals surface area contributed by atoms with Gasteiger partial charge in [0.15, 0.2) is 0 Å². The van der Waals surface area contributed by atoms with E-state index >= 15 is 0 Å². The fraction of sp³-hybridized carbons (Fsp3) is 0.529. The van der Waals surface area contributed by atoms with Crippen LogP contribution in [-0.2, 0) is 6.54 Å². The van der Waals surface area contributed by atoms with Crippen LogP contribution in [0, 0.1) is 12.8 Å². The van der Waals surface area contributed by atoms with Gasteiger partial charge in [-0.15, -0.1) is 0 Å². The molecule has 2 aromatic rings. The van der Waals surface area contributed by atoms with E-state index in [0.29, 0.717) is 12.0 Å². The highest BCUT2D eigenvalue weighted by Crippen LogP contribution is 2.36. The van der Waals surface area contributed by atoms with Crippen LogP contribution in [0.4, 0.5) is 0 Å². The normalized spacial score (nSPS) is 22.5. The van der Waals surface area contributed by atoms with Gasteiger partial charge in [-0.2, -0.15) is 0 Å². The highest BCUT2D eigenvalue weighted by Gasteiger charge is 2.33. The second-order valence-corrected chi connectivity index (χ2v) is 6.32. The minimum Gasteiger partial charge on any atom is -0.445 e. The van der Waals surface area contributed by atoms with Gasteiger partial charge in [0, 0.05) is 25.0 Å². The maximum Gasteiger partial charge on any atom is 0.208 e. The summed E-state index contributed by atoms with van der Waals surface area (Å²) in [5.74, 6) is 2.27. The quantitative estimate of drug-likeness (QED) is 0.849. The van der Waals surface area contributed by atoms with Crippen molar-refractivity contribution in [1.29, 1.82) is 0 Å². The average molecular weight is 300 g/mol. The van der Waals surface area contributed by atoms with Crippen molar-refractivity contribution in [1.82, 2.24) is 19.8 Å². The topological polar surface area (TPSA) is 45.4 Å². The number of rotatable bonds is 5. The fourth-order valence-electron chi connectivity index (χ4n) is 3.47. The molecule has 1 saturated heterocycles. The van der Waals surface area contributed by atoms with Gasteiger partial charge in [-0.1, -0.05) is 6.07 Å². The largest absolute Gasteiger partial charge is 0.445 e. The number of nitrogens with zero attached hydrogens (tertiary/aromatic N) is 4. The minimum absolute atomic E-state index is 0.447. The molecule has 0 unspecified atom stereocenters. The van der Waals surface area contributed by atoms with Crippen LogP contribution in [0.25, 0.3) is 0 Å². The summed E-state index contributed by atoms with van der Waals surface area (Å²) >= 11 is 0. The molecule has 22 heavy (non-hydrogen) atoms. The Labute approximate surface area is 132 Å². The first-order valence-electron chi connectivity index (χ1n) is 7.83. The maximum atomic E-state index is 5.58. The Morgan fingerprint density at radius 3 is 2.95 bits per heavy atom. The Kier molecular flexibility index (Phi) is 4.55. The van der Waals surface area contributed by atoms with Crippen LogP contribution in [0.3, 0.4) is 0 Å². The van der Waals surface area contributed by atoms with Crippen LogP contribution in [0.2, 0.25) is 0 Å². The van der Waals surface area contributed by atoms with E-state index in [1.54, 1.807) is 6.20 Å². The minimum atomic E-state index is 0.447. The summed E-state index contributed by atoms with van der Waals surface area (Å²) in [6.45, 7) is 4.86. The molecule has 118 valence electrons. The van der Waals surface area contributed by atoms with E-state index in [0.717, 1.165) is 31.3 Å². The van der Waals surface area contributed by atoms with Crippen molar-refractivity contribution >= 4 is 0 Å². The Balaban J connectivity index is 1.65. The number of oxazole rings is 1. The standard InChI is InChI=1S/C17H24N4O/c1-13-9-19-16(22-13)12-20(2)11-15-6-8-21(3)17(15)14-5-4-7-18-10-14/h4-5,7,9-10,15,17H,6,8,11-12H2,1-3H3/t15-,17-/m0/s1. The molecule has 5 nitrogen and oxygen atoms in total. The Bertz CT molecular complexity index is 598. The summed E-state index contributed by atoms with van der Waals surface area (Å²) in [4.78, 5) is 13.3. The first-order valence-corrected chi connectivity index (χ1v) is 7.83. The molecule has 0 radical (unpaired) electrons. The summed E-state index contributed by atoms with van der Waals surface area (Å²) in [5, 5.41) is 0. The highest BCUT2D eigenvalue weighted by atomic mass is 16.4. The predicted octanol–water partition coefficient (Wildman–Crippen LogP) is 2.50. The number of likely N-dealkylation sites (tertiary alicyclic amines) is 1. The molecule has 0 N–H and O–H groups in total. The lowest BCUT2D eigenvalue weighted by atomic mass is 9.94. The van der Waals surface area contributed by atoms with Crippen LogP contribution >= 0.6 is 0 Å².